The van der Waals surface area contributed by atoms with Crippen LogP contribution >= 0.6 is 23.2 Å². The molecule has 0 saturated heterocycles. The van der Waals surface area contributed by atoms with Crippen molar-refractivity contribution in [3.63, 3.8) is 0 Å². The Morgan fingerprint density at radius 1 is 0.875 bits per heavy atom. The van der Waals surface area contributed by atoms with Crippen LogP contribution in [0, 0.1) is 0 Å². The van der Waals surface area contributed by atoms with Crippen LogP contribution in [0.25, 0.3) is 22.0 Å². The molecule has 0 fully saturated rings. The van der Waals surface area contributed by atoms with E-state index < -0.39 is 0 Å². The van der Waals surface area contributed by atoms with Gasteiger partial charge >= 0.3 is 0 Å². The standard InChI is InChI=1S/C20H14Cl2N2/c21-17-9-8-15(10-18(17)22)19-12-23-20(24-19)11-14-6-3-5-13-4-1-2-7-16(13)14/h1-10,12H,11H2,(H,23,24). The molecule has 0 bridgehead atoms. The van der Waals surface area contributed by atoms with Crippen LogP contribution < -0.4 is 0 Å². The molecule has 118 valence electrons. The number of aromatic amines is 1. The molecule has 2 nitrogen and oxygen atoms in total. The normalized spacial score (nSPS) is 11.1. The molecule has 0 aliphatic carbocycles. The van der Waals surface area contributed by atoms with E-state index in [4.69, 9.17) is 28.2 Å². The summed E-state index contributed by atoms with van der Waals surface area (Å²) in [5.41, 5.74) is 3.07. The number of imidazole rings is 1. The lowest BCUT2D eigenvalue weighted by Crippen LogP contribution is -1.92. The summed E-state index contributed by atoms with van der Waals surface area (Å²) in [6.45, 7) is 0. The Bertz CT molecular complexity index is 1020. The van der Waals surface area contributed by atoms with Crippen molar-refractivity contribution in [2.24, 2.45) is 0 Å². The minimum Gasteiger partial charge on any atom is -0.348 e. The molecule has 0 unspecified atom stereocenters. The molecule has 1 aromatic heterocycles. The van der Waals surface area contributed by atoms with Gasteiger partial charge in [-0.2, -0.15) is 0 Å². The molecule has 0 saturated carbocycles. The fourth-order valence-corrected chi connectivity index (χ4v) is 3.18. The molecule has 0 amide bonds. The minimum absolute atomic E-state index is 0.535. The Morgan fingerprint density at radius 3 is 2.58 bits per heavy atom. The number of halogens is 2. The van der Waals surface area contributed by atoms with Crippen LogP contribution in [0.3, 0.4) is 0 Å². The van der Waals surface area contributed by atoms with Crippen molar-refractivity contribution >= 4 is 34.0 Å². The summed E-state index contributed by atoms with van der Waals surface area (Å²) in [6, 6.07) is 20.3. The zero-order valence-corrected chi connectivity index (χ0v) is 14.3. The molecule has 0 radical (unpaired) electrons. The van der Waals surface area contributed by atoms with Gasteiger partial charge in [-0.05, 0) is 28.5 Å². The lowest BCUT2D eigenvalue weighted by atomic mass is 10.0. The molecule has 3 aromatic carbocycles. The van der Waals surface area contributed by atoms with Crippen LogP contribution in [-0.4, -0.2) is 9.97 Å². The number of nitrogens with one attached hydrogen (secondary N) is 1. The van der Waals surface area contributed by atoms with Crippen LogP contribution in [0.1, 0.15) is 11.4 Å². The summed E-state index contributed by atoms with van der Waals surface area (Å²) in [7, 11) is 0. The number of H-pyrrole nitrogens is 1. The maximum Gasteiger partial charge on any atom is 0.111 e. The number of rotatable bonds is 3. The Balaban J connectivity index is 1.66. The van der Waals surface area contributed by atoms with Gasteiger partial charge in [0.25, 0.3) is 0 Å². The van der Waals surface area contributed by atoms with E-state index in [2.05, 4.69) is 47.4 Å². The molecule has 0 aliphatic heterocycles. The predicted octanol–water partition coefficient (Wildman–Crippen LogP) is 6.13. The molecular formula is C20H14Cl2N2. The number of aromatic nitrogens is 2. The molecular weight excluding hydrogens is 339 g/mol. The monoisotopic (exact) mass is 352 g/mol. The Hall–Kier alpha value is -2.29. The lowest BCUT2D eigenvalue weighted by Gasteiger charge is -2.04. The first-order valence-corrected chi connectivity index (χ1v) is 8.42. The lowest BCUT2D eigenvalue weighted by molar-refractivity contribution is 1.04. The average molecular weight is 353 g/mol. The Labute approximate surface area is 150 Å². The number of hydrogen-bond acceptors (Lipinski definition) is 1. The van der Waals surface area contributed by atoms with Gasteiger partial charge in [0, 0.05) is 18.2 Å². The Kier molecular flexibility index (Phi) is 4.01. The molecule has 24 heavy (non-hydrogen) atoms. The highest BCUT2D eigenvalue weighted by molar-refractivity contribution is 6.42. The van der Waals surface area contributed by atoms with Gasteiger partial charge in [-0.3, -0.25) is 0 Å². The molecule has 0 spiro atoms. The molecule has 4 heteroatoms. The van der Waals surface area contributed by atoms with E-state index in [1.54, 1.807) is 6.07 Å². The SMILES string of the molecule is Clc1ccc(-c2c[nH]c(Cc3cccc4ccccc34)n2)cc1Cl. The van der Waals surface area contributed by atoms with Crippen molar-refractivity contribution < 1.29 is 0 Å². The van der Waals surface area contributed by atoms with E-state index in [1.807, 2.05) is 18.3 Å². The highest BCUT2D eigenvalue weighted by Crippen LogP contribution is 2.28. The van der Waals surface area contributed by atoms with Crippen LogP contribution in [-0.2, 0) is 6.42 Å². The van der Waals surface area contributed by atoms with Crippen molar-refractivity contribution in [2.45, 2.75) is 6.42 Å². The summed E-state index contributed by atoms with van der Waals surface area (Å²) in [5, 5.41) is 3.58. The highest BCUT2D eigenvalue weighted by Gasteiger charge is 2.08. The average Bonchev–Trinajstić information content (AvgIpc) is 3.06. The molecule has 1 heterocycles. The van der Waals surface area contributed by atoms with E-state index in [9.17, 15) is 0 Å². The third-order valence-electron chi connectivity index (χ3n) is 4.08. The third kappa shape index (κ3) is 2.91. The fraction of sp³-hybridized carbons (Fsp3) is 0.0500. The van der Waals surface area contributed by atoms with Gasteiger partial charge in [-0.1, -0.05) is 71.7 Å². The maximum atomic E-state index is 6.10. The summed E-state index contributed by atoms with van der Waals surface area (Å²) < 4.78 is 0. The number of nitrogens with zero attached hydrogens (tertiary/aromatic N) is 1. The largest absolute Gasteiger partial charge is 0.348 e. The highest BCUT2D eigenvalue weighted by atomic mass is 35.5. The maximum absolute atomic E-state index is 6.10. The van der Waals surface area contributed by atoms with Gasteiger partial charge in [-0.15, -0.1) is 0 Å². The molecule has 4 rings (SSSR count). The second kappa shape index (κ2) is 6.31. The first-order valence-electron chi connectivity index (χ1n) is 7.67. The van der Waals surface area contributed by atoms with Crippen LogP contribution in [0.15, 0.2) is 66.9 Å². The van der Waals surface area contributed by atoms with Crippen LogP contribution in [0.5, 0.6) is 0 Å². The topological polar surface area (TPSA) is 28.7 Å². The summed E-state index contributed by atoms with van der Waals surface area (Å²) >= 11 is 12.1. The fourth-order valence-electron chi connectivity index (χ4n) is 2.88. The minimum atomic E-state index is 0.535. The van der Waals surface area contributed by atoms with Crippen LogP contribution in [0.4, 0.5) is 0 Å². The molecule has 4 aromatic rings. The van der Waals surface area contributed by atoms with E-state index >= 15 is 0 Å². The zero-order valence-electron chi connectivity index (χ0n) is 12.8. The van der Waals surface area contributed by atoms with Gasteiger partial charge in [0.05, 0.1) is 15.7 Å². The van der Waals surface area contributed by atoms with Crippen LogP contribution in [0.2, 0.25) is 10.0 Å². The predicted molar refractivity (Wildman–Crippen MR) is 101 cm³/mol. The Morgan fingerprint density at radius 2 is 1.71 bits per heavy atom. The first-order chi connectivity index (χ1) is 11.7. The smallest absolute Gasteiger partial charge is 0.111 e. The third-order valence-corrected chi connectivity index (χ3v) is 4.82. The zero-order chi connectivity index (χ0) is 16.5. The van der Waals surface area contributed by atoms with E-state index in [1.165, 1.54) is 16.3 Å². The second-order valence-corrected chi connectivity index (χ2v) is 6.49. The molecule has 0 atom stereocenters. The van der Waals surface area contributed by atoms with E-state index in [0.29, 0.717) is 10.0 Å². The van der Waals surface area contributed by atoms with Gasteiger partial charge < -0.3 is 4.98 Å². The molecule has 1 N–H and O–H groups in total. The summed E-state index contributed by atoms with van der Waals surface area (Å²) in [6.07, 6.45) is 2.66. The van der Waals surface area contributed by atoms with Gasteiger partial charge in [0.1, 0.15) is 5.82 Å². The van der Waals surface area contributed by atoms with Crippen molar-refractivity contribution in [1.82, 2.24) is 9.97 Å². The van der Waals surface area contributed by atoms with Crippen molar-refractivity contribution in [3.8, 4) is 11.3 Å². The quantitative estimate of drug-likeness (QED) is 0.472. The van der Waals surface area contributed by atoms with Crippen molar-refractivity contribution in [1.29, 1.82) is 0 Å². The number of fused-ring (bicyclic) bond motifs is 1. The summed E-state index contributed by atoms with van der Waals surface area (Å²) in [4.78, 5) is 7.96. The van der Waals surface area contributed by atoms with Gasteiger partial charge in [0.2, 0.25) is 0 Å². The second-order valence-electron chi connectivity index (χ2n) is 5.68. The number of benzene rings is 3. The first kappa shape index (κ1) is 15.3. The van der Waals surface area contributed by atoms with Gasteiger partial charge in [0.15, 0.2) is 0 Å². The van der Waals surface area contributed by atoms with Crippen molar-refractivity contribution in [2.75, 3.05) is 0 Å². The van der Waals surface area contributed by atoms with Gasteiger partial charge in [-0.25, -0.2) is 4.98 Å². The molecule has 0 aliphatic rings. The summed E-state index contributed by atoms with van der Waals surface area (Å²) in [5.74, 6) is 0.924. The van der Waals surface area contributed by atoms with Crippen molar-refractivity contribution in [3.05, 3.63) is 88.3 Å². The number of hydrogen-bond donors (Lipinski definition) is 1. The van der Waals surface area contributed by atoms with E-state index in [0.717, 1.165) is 23.5 Å². The van der Waals surface area contributed by atoms with E-state index in [-0.39, 0.29) is 0 Å².